The van der Waals surface area contributed by atoms with Crippen molar-refractivity contribution in [3.05, 3.63) is 59.9 Å². The molecule has 4 heterocycles. The zero-order valence-electron chi connectivity index (χ0n) is 20.3. The van der Waals surface area contributed by atoms with Gasteiger partial charge in [0.2, 0.25) is 0 Å². The fourth-order valence-electron chi connectivity index (χ4n) is 6.25. The Morgan fingerprint density at radius 1 is 1.00 bits per heavy atom. The minimum atomic E-state index is -3.91. The highest BCUT2D eigenvalue weighted by molar-refractivity contribution is 7.89. The first kappa shape index (κ1) is 23.8. The second-order valence-corrected chi connectivity index (χ2v) is 11.5. The van der Waals surface area contributed by atoms with Gasteiger partial charge in [0.05, 0.1) is 17.7 Å². The maximum atomic E-state index is 13.4. The molecule has 196 valence electrons. The summed E-state index contributed by atoms with van der Waals surface area (Å²) in [7, 11) is -3.91. The van der Waals surface area contributed by atoms with E-state index >= 15 is 0 Å². The molecule has 2 unspecified atom stereocenters. The number of carbonyl (C=O) groups excluding carboxylic acids is 2. The molecule has 2 amide bonds. The Hall–Kier alpha value is -3.57. The van der Waals surface area contributed by atoms with Crippen molar-refractivity contribution in [3.8, 4) is 5.75 Å². The third kappa shape index (κ3) is 4.02. The van der Waals surface area contributed by atoms with E-state index in [0.717, 1.165) is 10.9 Å². The van der Waals surface area contributed by atoms with Crippen LogP contribution in [0.5, 0.6) is 5.75 Å². The molecule has 3 fully saturated rings. The fourth-order valence-corrected chi connectivity index (χ4v) is 6.71. The number of sulfonamides is 1. The summed E-state index contributed by atoms with van der Waals surface area (Å²) in [4.78, 5) is 38.6. The molecule has 11 heteroatoms. The zero-order valence-corrected chi connectivity index (χ0v) is 21.1. The number of primary sulfonamides is 1. The summed E-state index contributed by atoms with van der Waals surface area (Å²) < 4.78 is 28.6. The Labute approximate surface area is 217 Å². The van der Waals surface area contributed by atoms with Crippen molar-refractivity contribution in [2.24, 2.45) is 28.8 Å². The van der Waals surface area contributed by atoms with Crippen molar-refractivity contribution in [3.63, 3.8) is 0 Å². The number of likely N-dealkylation sites (tertiary alicyclic amines) is 2. The number of rotatable bonds is 5. The lowest BCUT2D eigenvalue weighted by Crippen LogP contribution is -2.44. The number of carbonyl (C=O) groups is 2. The van der Waals surface area contributed by atoms with Gasteiger partial charge in [0.25, 0.3) is 21.8 Å². The van der Waals surface area contributed by atoms with E-state index in [9.17, 15) is 18.0 Å². The van der Waals surface area contributed by atoms with Gasteiger partial charge < -0.3 is 14.5 Å². The number of ether oxygens (including phenoxy) is 1. The first-order valence-corrected chi connectivity index (χ1v) is 13.9. The van der Waals surface area contributed by atoms with Crippen molar-refractivity contribution >= 4 is 32.7 Å². The summed E-state index contributed by atoms with van der Waals surface area (Å²) in [6.07, 6.45) is 1.26. The van der Waals surface area contributed by atoms with E-state index < -0.39 is 10.0 Å². The van der Waals surface area contributed by atoms with Gasteiger partial charge in [-0.2, -0.15) is 0 Å². The smallest absolute Gasteiger partial charge is 0.272 e. The average Bonchev–Trinajstić information content (AvgIpc) is 3.46. The lowest BCUT2D eigenvalue weighted by Gasteiger charge is -2.42. The largest absolute Gasteiger partial charge is 0.493 e. The van der Waals surface area contributed by atoms with Crippen LogP contribution in [0.1, 0.15) is 30.6 Å². The van der Waals surface area contributed by atoms with Crippen LogP contribution in [-0.4, -0.2) is 72.8 Å². The molecule has 6 rings (SSSR count). The van der Waals surface area contributed by atoms with Crippen molar-refractivity contribution in [2.45, 2.75) is 11.9 Å². The Kier molecular flexibility index (Phi) is 5.64. The maximum absolute atomic E-state index is 13.4. The Bertz CT molecular complexity index is 1500. The molecule has 3 aromatic rings. The van der Waals surface area contributed by atoms with E-state index in [2.05, 4.69) is 9.97 Å². The summed E-state index contributed by atoms with van der Waals surface area (Å²) in [5, 5.41) is 5.71. The fraction of sp³-hybridized carbons (Fsp3) is 0.385. The van der Waals surface area contributed by atoms with E-state index in [-0.39, 0.29) is 19.7 Å². The SMILES string of the molecule is CCOc1cc(C(=O)N2CC3C(C2)[C@@H]2CN(C(=O)c4ccc(S(N)(=O)=O)nc4)C[C@H]32)nc2ccccc12.[HH].[HH]. The number of para-hydroxylation sites is 1. The van der Waals surface area contributed by atoms with Crippen LogP contribution in [0.2, 0.25) is 0 Å². The van der Waals surface area contributed by atoms with Crippen LogP contribution in [-0.2, 0) is 10.0 Å². The standard InChI is InChI=1S/C26H27N5O5S.2H2/c1-2-36-23-9-22(29-21-6-4-3-5-16(21)23)26(33)31-13-19-17-11-30(12-18(17)20(19)14-31)25(32)15-7-8-24(28-10-15)37(27,34)35;;/h3-10,17-20H,2,11-14H2,1H3,(H2,27,34,35);2*1H/t17-,18+,19?,20?;;. The summed E-state index contributed by atoms with van der Waals surface area (Å²) >= 11 is 0. The third-order valence-electron chi connectivity index (χ3n) is 7.97. The molecule has 0 spiro atoms. The molecular weight excluding hydrogens is 494 g/mol. The molecule has 0 radical (unpaired) electrons. The number of nitrogens with zero attached hydrogens (tertiary/aromatic N) is 4. The topological polar surface area (TPSA) is 136 Å². The minimum Gasteiger partial charge on any atom is -0.493 e. The summed E-state index contributed by atoms with van der Waals surface area (Å²) in [6, 6.07) is 12.1. The Balaban J connectivity index is 0.00000176. The predicted molar refractivity (Wildman–Crippen MR) is 139 cm³/mol. The van der Waals surface area contributed by atoms with Gasteiger partial charge in [0, 0.05) is 46.7 Å². The van der Waals surface area contributed by atoms with Crippen LogP contribution in [0.4, 0.5) is 0 Å². The van der Waals surface area contributed by atoms with Gasteiger partial charge in [-0.1, -0.05) is 12.1 Å². The lowest BCUT2D eigenvalue weighted by molar-refractivity contribution is 0.0629. The highest BCUT2D eigenvalue weighted by atomic mass is 32.2. The highest BCUT2D eigenvalue weighted by Gasteiger charge is 2.59. The first-order chi connectivity index (χ1) is 17.7. The van der Waals surface area contributed by atoms with Crippen LogP contribution < -0.4 is 9.88 Å². The number of hydrogen-bond donors (Lipinski definition) is 1. The molecular formula is C26H31N5O5S. The van der Waals surface area contributed by atoms with Crippen LogP contribution in [0.3, 0.4) is 0 Å². The zero-order chi connectivity index (χ0) is 25.9. The summed E-state index contributed by atoms with van der Waals surface area (Å²) in [5.41, 5.74) is 1.46. The van der Waals surface area contributed by atoms with Gasteiger partial charge in [0.15, 0.2) is 5.03 Å². The molecule has 1 saturated carbocycles. The quantitative estimate of drug-likeness (QED) is 0.540. The molecule has 1 aliphatic carbocycles. The van der Waals surface area contributed by atoms with Gasteiger partial charge in [-0.3, -0.25) is 9.59 Å². The highest BCUT2D eigenvalue weighted by Crippen LogP contribution is 2.54. The van der Waals surface area contributed by atoms with Crippen molar-refractivity contribution in [1.82, 2.24) is 19.8 Å². The molecule has 1 aromatic carbocycles. The van der Waals surface area contributed by atoms with Gasteiger partial charge in [0.1, 0.15) is 11.4 Å². The van der Waals surface area contributed by atoms with Crippen LogP contribution >= 0.6 is 0 Å². The van der Waals surface area contributed by atoms with Crippen LogP contribution in [0.15, 0.2) is 53.7 Å². The molecule has 4 atom stereocenters. The Morgan fingerprint density at radius 3 is 2.19 bits per heavy atom. The first-order valence-electron chi connectivity index (χ1n) is 12.3. The lowest BCUT2D eigenvalue weighted by atomic mass is 9.60. The van der Waals surface area contributed by atoms with Gasteiger partial charge >= 0.3 is 0 Å². The molecule has 2 aromatic heterocycles. The second-order valence-electron chi connectivity index (χ2n) is 9.96. The number of benzene rings is 1. The average molecular weight is 526 g/mol. The number of fused-ring (bicyclic) bond motifs is 5. The van der Waals surface area contributed by atoms with Crippen LogP contribution in [0.25, 0.3) is 10.9 Å². The number of aromatic nitrogens is 2. The van der Waals surface area contributed by atoms with Crippen molar-refractivity contribution in [1.29, 1.82) is 0 Å². The number of amides is 2. The maximum Gasteiger partial charge on any atom is 0.272 e. The molecule has 10 nitrogen and oxygen atoms in total. The third-order valence-corrected chi connectivity index (χ3v) is 8.80. The van der Waals surface area contributed by atoms with E-state index in [1.807, 2.05) is 41.0 Å². The number of hydrogen-bond acceptors (Lipinski definition) is 7. The Morgan fingerprint density at radius 2 is 1.62 bits per heavy atom. The van der Waals surface area contributed by atoms with Gasteiger partial charge in [-0.25, -0.2) is 23.5 Å². The molecule has 0 bridgehead atoms. The number of pyridine rings is 2. The molecule has 2 aliphatic heterocycles. The molecule has 37 heavy (non-hydrogen) atoms. The molecule has 2 N–H and O–H groups in total. The van der Waals surface area contributed by atoms with E-state index in [4.69, 9.17) is 9.88 Å². The molecule has 3 aliphatic rings. The van der Waals surface area contributed by atoms with Crippen molar-refractivity contribution < 1.29 is 25.6 Å². The monoisotopic (exact) mass is 525 g/mol. The van der Waals surface area contributed by atoms with E-state index in [1.165, 1.54) is 18.3 Å². The minimum absolute atomic E-state index is 0. The van der Waals surface area contributed by atoms with Gasteiger partial charge in [-0.05, 0) is 54.9 Å². The molecule has 2 saturated heterocycles. The predicted octanol–water partition coefficient (Wildman–Crippen LogP) is 2.26. The van der Waals surface area contributed by atoms with Crippen molar-refractivity contribution in [2.75, 3.05) is 32.8 Å². The summed E-state index contributed by atoms with van der Waals surface area (Å²) in [5.74, 6) is 1.78. The summed E-state index contributed by atoms with van der Waals surface area (Å²) in [6.45, 7) is 4.95. The van der Waals surface area contributed by atoms with Crippen LogP contribution in [0, 0.1) is 23.7 Å². The number of nitrogens with two attached hydrogens (primary N) is 1. The van der Waals surface area contributed by atoms with E-state index in [0.29, 0.717) is 73.5 Å². The van der Waals surface area contributed by atoms with E-state index in [1.54, 1.807) is 6.07 Å². The normalized spacial score (nSPS) is 24.5. The second kappa shape index (κ2) is 8.77. The van der Waals surface area contributed by atoms with Gasteiger partial charge in [-0.15, -0.1) is 0 Å².